The Bertz CT molecular complexity index is 789. The number of rotatable bonds is 6. The van der Waals surface area contributed by atoms with Gasteiger partial charge in [0.25, 0.3) is 0 Å². The summed E-state index contributed by atoms with van der Waals surface area (Å²) in [6.45, 7) is 4.35. The van der Waals surface area contributed by atoms with Gasteiger partial charge in [-0.25, -0.2) is 8.78 Å². The van der Waals surface area contributed by atoms with Gasteiger partial charge in [-0.3, -0.25) is 0 Å². The summed E-state index contributed by atoms with van der Waals surface area (Å²) >= 11 is 5.95. The Hall–Kier alpha value is -1.75. The highest BCUT2D eigenvalue weighted by Crippen LogP contribution is 2.39. The number of halogens is 3. The Morgan fingerprint density at radius 2 is 1.81 bits per heavy atom. The van der Waals surface area contributed by atoms with Crippen LogP contribution in [-0.2, 0) is 5.60 Å². The third-order valence-electron chi connectivity index (χ3n) is 4.57. The van der Waals surface area contributed by atoms with Gasteiger partial charge in [0.15, 0.2) is 0 Å². The number of benzene rings is 2. The van der Waals surface area contributed by atoms with Crippen LogP contribution in [0.3, 0.4) is 0 Å². The maximum Gasteiger partial charge on any atom is 0.141 e. The third-order valence-corrected chi connectivity index (χ3v) is 4.86. The van der Waals surface area contributed by atoms with Crippen molar-refractivity contribution in [1.29, 1.82) is 0 Å². The van der Waals surface area contributed by atoms with E-state index in [9.17, 15) is 13.9 Å². The van der Waals surface area contributed by atoms with Crippen molar-refractivity contribution < 1.29 is 13.9 Å². The van der Waals surface area contributed by atoms with Crippen LogP contribution < -0.4 is 0 Å². The molecule has 0 aliphatic rings. The smallest absolute Gasteiger partial charge is 0.141 e. The van der Waals surface area contributed by atoms with Gasteiger partial charge in [0.05, 0.1) is 5.02 Å². The van der Waals surface area contributed by atoms with E-state index in [4.69, 9.17) is 11.6 Å². The van der Waals surface area contributed by atoms with E-state index >= 15 is 0 Å². The quantitative estimate of drug-likeness (QED) is 0.754. The lowest BCUT2D eigenvalue weighted by Gasteiger charge is -2.37. The van der Waals surface area contributed by atoms with Crippen molar-refractivity contribution in [2.75, 3.05) is 20.6 Å². The lowest BCUT2D eigenvalue weighted by Crippen LogP contribution is -2.40. The molecule has 140 valence electrons. The zero-order chi connectivity index (χ0) is 19.5. The molecule has 0 saturated heterocycles. The van der Waals surface area contributed by atoms with Crippen LogP contribution in [0.25, 0.3) is 6.08 Å². The molecule has 0 amide bonds. The summed E-state index contributed by atoms with van der Waals surface area (Å²) in [5.74, 6) is -1.05. The average molecular weight is 380 g/mol. The molecule has 1 N–H and O–H groups in total. The van der Waals surface area contributed by atoms with Crippen molar-refractivity contribution in [1.82, 2.24) is 4.90 Å². The van der Waals surface area contributed by atoms with Crippen LogP contribution in [0.15, 0.2) is 48.0 Å². The molecule has 26 heavy (non-hydrogen) atoms. The fourth-order valence-electron chi connectivity index (χ4n) is 3.23. The van der Waals surface area contributed by atoms with Gasteiger partial charge in [0.2, 0.25) is 0 Å². The number of hydrogen-bond donors (Lipinski definition) is 1. The monoisotopic (exact) mass is 379 g/mol. The maximum absolute atomic E-state index is 13.6. The SMILES string of the molecule is C/C(=C/c1ccc(F)cc1)C(O)(c1ccc(F)c(Cl)c1)C(C)CN(C)C. The third kappa shape index (κ3) is 4.50. The Morgan fingerprint density at radius 3 is 2.35 bits per heavy atom. The fourth-order valence-corrected chi connectivity index (χ4v) is 3.41. The van der Waals surface area contributed by atoms with E-state index in [0.717, 1.165) is 5.56 Å². The zero-order valence-electron chi connectivity index (χ0n) is 15.4. The Balaban J connectivity index is 2.54. The summed E-state index contributed by atoms with van der Waals surface area (Å²) in [4.78, 5) is 1.98. The van der Waals surface area contributed by atoms with Crippen molar-refractivity contribution in [2.24, 2.45) is 5.92 Å². The number of aliphatic hydroxyl groups is 1. The first-order chi connectivity index (χ1) is 12.1. The average Bonchev–Trinajstić information content (AvgIpc) is 2.57. The molecule has 0 aromatic heterocycles. The van der Waals surface area contributed by atoms with Crippen LogP contribution in [0.5, 0.6) is 0 Å². The Morgan fingerprint density at radius 1 is 1.19 bits per heavy atom. The second kappa shape index (κ2) is 8.30. The second-order valence-electron chi connectivity index (χ2n) is 6.94. The normalized spacial score (nSPS) is 15.8. The van der Waals surface area contributed by atoms with Gasteiger partial charge in [0.1, 0.15) is 17.2 Å². The van der Waals surface area contributed by atoms with E-state index < -0.39 is 11.4 Å². The van der Waals surface area contributed by atoms with Crippen LogP contribution in [0.2, 0.25) is 5.02 Å². The van der Waals surface area contributed by atoms with Crippen molar-refractivity contribution in [2.45, 2.75) is 19.4 Å². The molecule has 0 saturated carbocycles. The van der Waals surface area contributed by atoms with Crippen molar-refractivity contribution in [3.63, 3.8) is 0 Å². The largest absolute Gasteiger partial charge is 0.380 e. The molecule has 0 fully saturated rings. The molecule has 5 heteroatoms. The molecule has 2 nitrogen and oxygen atoms in total. The topological polar surface area (TPSA) is 23.5 Å². The summed E-state index contributed by atoms with van der Waals surface area (Å²) in [5, 5.41) is 11.6. The molecule has 0 aliphatic heterocycles. The molecule has 0 heterocycles. The molecule has 0 radical (unpaired) electrons. The standard InChI is InChI=1S/C21H24ClF2NO/c1-14(11-16-5-8-18(23)9-6-16)21(26,15(2)13-25(3)4)17-7-10-20(24)19(22)12-17/h5-12,15,26H,13H2,1-4H3/b14-11-. The van der Waals surface area contributed by atoms with Crippen molar-refractivity contribution in [3.8, 4) is 0 Å². The van der Waals surface area contributed by atoms with Crippen LogP contribution in [0, 0.1) is 17.6 Å². The molecule has 0 bridgehead atoms. The van der Waals surface area contributed by atoms with E-state index in [-0.39, 0.29) is 16.8 Å². The van der Waals surface area contributed by atoms with Gasteiger partial charge in [0, 0.05) is 12.5 Å². The van der Waals surface area contributed by atoms with Crippen molar-refractivity contribution >= 4 is 17.7 Å². The fraction of sp³-hybridized carbons (Fsp3) is 0.333. The minimum atomic E-state index is -1.35. The lowest BCUT2D eigenvalue weighted by molar-refractivity contribution is 0.0105. The van der Waals surface area contributed by atoms with Gasteiger partial charge in [-0.05, 0) is 62.0 Å². The number of nitrogens with zero attached hydrogens (tertiary/aromatic N) is 1. The maximum atomic E-state index is 13.6. The zero-order valence-corrected chi connectivity index (χ0v) is 16.2. The summed E-state index contributed by atoms with van der Waals surface area (Å²) in [6, 6.07) is 10.3. The molecular formula is C21H24ClF2NO. The minimum Gasteiger partial charge on any atom is -0.380 e. The number of hydrogen-bond acceptors (Lipinski definition) is 2. The van der Waals surface area contributed by atoms with E-state index in [1.165, 1.54) is 24.3 Å². The van der Waals surface area contributed by atoms with Crippen LogP contribution in [-0.4, -0.2) is 30.6 Å². The Labute approximate surface area is 158 Å². The molecule has 2 atom stereocenters. The van der Waals surface area contributed by atoms with Crippen LogP contribution >= 0.6 is 11.6 Å². The van der Waals surface area contributed by atoms with Gasteiger partial charge >= 0.3 is 0 Å². The predicted molar refractivity (Wildman–Crippen MR) is 103 cm³/mol. The highest BCUT2D eigenvalue weighted by atomic mass is 35.5. The highest BCUT2D eigenvalue weighted by molar-refractivity contribution is 6.30. The molecular weight excluding hydrogens is 356 g/mol. The van der Waals surface area contributed by atoms with E-state index in [2.05, 4.69) is 0 Å². The first-order valence-electron chi connectivity index (χ1n) is 8.41. The van der Waals surface area contributed by atoms with Gasteiger partial charge in [-0.2, -0.15) is 0 Å². The first-order valence-corrected chi connectivity index (χ1v) is 8.79. The van der Waals surface area contributed by atoms with E-state index in [1.54, 1.807) is 18.2 Å². The highest BCUT2D eigenvalue weighted by Gasteiger charge is 2.38. The van der Waals surface area contributed by atoms with Gasteiger partial charge in [-0.1, -0.05) is 42.8 Å². The minimum absolute atomic E-state index is 0.0347. The summed E-state index contributed by atoms with van der Waals surface area (Å²) in [5.41, 5.74) is 0.610. The molecule has 2 rings (SSSR count). The lowest BCUT2D eigenvalue weighted by atomic mass is 9.76. The Kier molecular flexibility index (Phi) is 6.56. The van der Waals surface area contributed by atoms with Gasteiger partial charge in [-0.15, -0.1) is 0 Å². The molecule has 0 spiro atoms. The molecule has 2 aromatic rings. The van der Waals surface area contributed by atoms with Crippen molar-refractivity contribution in [3.05, 3.63) is 75.8 Å². The molecule has 2 aromatic carbocycles. The first kappa shape index (κ1) is 20.6. The van der Waals surface area contributed by atoms with Crippen LogP contribution in [0.1, 0.15) is 25.0 Å². The van der Waals surface area contributed by atoms with E-state index in [1.807, 2.05) is 38.9 Å². The van der Waals surface area contributed by atoms with Crippen LogP contribution in [0.4, 0.5) is 8.78 Å². The molecule has 0 aliphatic carbocycles. The predicted octanol–water partition coefficient (Wildman–Crippen LogP) is 5.11. The summed E-state index contributed by atoms with van der Waals surface area (Å²) < 4.78 is 26.8. The van der Waals surface area contributed by atoms with Gasteiger partial charge < -0.3 is 10.0 Å². The molecule has 2 unspecified atom stereocenters. The van der Waals surface area contributed by atoms with E-state index in [0.29, 0.717) is 17.7 Å². The second-order valence-corrected chi connectivity index (χ2v) is 7.34. The summed E-state index contributed by atoms with van der Waals surface area (Å²) in [6.07, 6.45) is 1.81. The summed E-state index contributed by atoms with van der Waals surface area (Å²) in [7, 11) is 3.85.